The summed E-state index contributed by atoms with van der Waals surface area (Å²) in [7, 11) is 2.15. The predicted molar refractivity (Wildman–Crippen MR) is 88.6 cm³/mol. The Morgan fingerprint density at radius 3 is 2.57 bits per heavy atom. The van der Waals surface area contributed by atoms with Crippen LogP contribution in [0.15, 0.2) is 0 Å². The molecule has 2 atom stereocenters. The summed E-state index contributed by atoms with van der Waals surface area (Å²) in [5.41, 5.74) is 0.697. The molecule has 23 heavy (non-hydrogen) atoms. The lowest BCUT2D eigenvalue weighted by Gasteiger charge is -2.34. The predicted octanol–water partition coefficient (Wildman–Crippen LogP) is -0.226. The van der Waals surface area contributed by atoms with Crippen molar-refractivity contribution in [3.8, 4) is 0 Å². The van der Waals surface area contributed by atoms with Crippen molar-refractivity contribution in [3.63, 3.8) is 0 Å². The molecule has 8 heteroatoms. The van der Waals surface area contributed by atoms with Crippen molar-refractivity contribution in [2.24, 2.45) is 11.8 Å². The van der Waals surface area contributed by atoms with Crippen LogP contribution in [-0.4, -0.2) is 94.8 Å². The standard InChI is InChI=1S/C15H25N5O2S/c1-11-14(23-17-16-11)15(22)20-8-12(13(9-20)10-21)7-19-5-3-18(2)4-6-19/h12-13,21H,3-10H2,1-2H3. The number of carbonyl (C=O) groups excluding carboxylic acids is 1. The molecule has 0 bridgehead atoms. The molecular formula is C15H25N5O2S. The first kappa shape index (κ1) is 16.8. The highest BCUT2D eigenvalue weighted by molar-refractivity contribution is 7.07. The van der Waals surface area contributed by atoms with E-state index in [2.05, 4.69) is 26.4 Å². The first-order valence-electron chi connectivity index (χ1n) is 8.18. The van der Waals surface area contributed by atoms with E-state index in [1.807, 2.05) is 11.8 Å². The summed E-state index contributed by atoms with van der Waals surface area (Å²) >= 11 is 1.16. The maximum absolute atomic E-state index is 12.6. The first-order valence-corrected chi connectivity index (χ1v) is 8.95. The topological polar surface area (TPSA) is 72.8 Å². The highest BCUT2D eigenvalue weighted by Crippen LogP contribution is 2.27. The van der Waals surface area contributed by atoms with Crippen LogP contribution in [0.3, 0.4) is 0 Å². The Hall–Kier alpha value is -1.09. The van der Waals surface area contributed by atoms with E-state index < -0.39 is 0 Å². The van der Waals surface area contributed by atoms with Gasteiger partial charge in [-0.3, -0.25) is 4.79 Å². The summed E-state index contributed by atoms with van der Waals surface area (Å²) in [4.78, 5) is 19.9. The zero-order valence-corrected chi connectivity index (χ0v) is 14.6. The van der Waals surface area contributed by atoms with Gasteiger partial charge >= 0.3 is 0 Å². The minimum atomic E-state index is 0.0110. The number of aromatic nitrogens is 2. The van der Waals surface area contributed by atoms with Crippen LogP contribution in [0.5, 0.6) is 0 Å². The van der Waals surface area contributed by atoms with E-state index in [4.69, 9.17) is 0 Å². The quantitative estimate of drug-likeness (QED) is 0.817. The molecule has 3 heterocycles. The van der Waals surface area contributed by atoms with Crippen molar-refractivity contribution in [2.45, 2.75) is 6.92 Å². The second-order valence-corrected chi connectivity index (χ2v) is 7.46. The monoisotopic (exact) mass is 339 g/mol. The number of rotatable bonds is 4. The minimum Gasteiger partial charge on any atom is -0.396 e. The van der Waals surface area contributed by atoms with Gasteiger partial charge in [0.2, 0.25) is 0 Å². The van der Waals surface area contributed by atoms with Crippen molar-refractivity contribution in [3.05, 3.63) is 10.6 Å². The molecule has 3 rings (SSSR count). The number of likely N-dealkylation sites (N-methyl/N-ethyl adjacent to an activating group) is 1. The van der Waals surface area contributed by atoms with Crippen LogP contribution in [0.1, 0.15) is 15.4 Å². The molecule has 1 aromatic heterocycles. The molecule has 0 radical (unpaired) electrons. The van der Waals surface area contributed by atoms with Crippen LogP contribution in [0, 0.1) is 18.8 Å². The molecule has 2 unspecified atom stereocenters. The van der Waals surface area contributed by atoms with Crippen molar-refractivity contribution >= 4 is 17.4 Å². The van der Waals surface area contributed by atoms with Gasteiger partial charge in [-0.05, 0) is 31.4 Å². The normalized spacial score (nSPS) is 26.8. The van der Waals surface area contributed by atoms with Gasteiger partial charge in [0, 0.05) is 58.3 Å². The molecule has 2 saturated heterocycles. The minimum absolute atomic E-state index is 0.0110. The molecule has 0 aromatic carbocycles. The Bertz CT molecular complexity index is 544. The zero-order valence-electron chi connectivity index (χ0n) is 13.8. The van der Waals surface area contributed by atoms with Gasteiger partial charge in [-0.25, -0.2) is 0 Å². The number of likely N-dealkylation sites (tertiary alicyclic amines) is 1. The Morgan fingerprint density at radius 2 is 1.96 bits per heavy atom. The fourth-order valence-corrected chi connectivity index (χ4v) is 4.08. The lowest BCUT2D eigenvalue weighted by molar-refractivity contribution is 0.0781. The summed E-state index contributed by atoms with van der Waals surface area (Å²) in [6.45, 7) is 8.57. The molecule has 2 aliphatic rings. The van der Waals surface area contributed by atoms with Gasteiger partial charge < -0.3 is 19.8 Å². The zero-order chi connectivity index (χ0) is 16.4. The molecule has 0 aliphatic carbocycles. The fraction of sp³-hybridized carbons (Fsp3) is 0.800. The molecule has 128 valence electrons. The third-order valence-corrected chi connectivity index (χ3v) is 5.85. The van der Waals surface area contributed by atoms with Crippen molar-refractivity contribution in [1.82, 2.24) is 24.3 Å². The number of hydrogen-bond acceptors (Lipinski definition) is 7. The van der Waals surface area contributed by atoms with Crippen LogP contribution >= 0.6 is 11.5 Å². The molecule has 2 aliphatic heterocycles. The Labute approximate surface area is 141 Å². The average Bonchev–Trinajstić information content (AvgIpc) is 3.15. The summed E-state index contributed by atoms with van der Waals surface area (Å²) in [6.07, 6.45) is 0. The van der Waals surface area contributed by atoms with E-state index in [0.29, 0.717) is 29.6 Å². The van der Waals surface area contributed by atoms with E-state index in [1.165, 1.54) is 0 Å². The van der Waals surface area contributed by atoms with Crippen LogP contribution in [0.4, 0.5) is 0 Å². The number of hydrogen-bond donors (Lipinski definition) is 1. The maximum atomic E-state index is 12.6. The van der Waals surface area contributed by atoms with E-state index >= 15 is 0 Å². The third-order valence-electron chi connectivity index (χ3n) is 5.03. The number of amides is 1. The van der Waals surface area contributed by atoms with Gasteiger partial charge in [-0.1, -0.05) is 4.49 Å². The largest absolute Gasteiger partial charge is 0.396 e. The number of piperazine rings is 1. The maximum Gasteiger partial charge on any atom is 0.267 e. The number of aryl methyl sites for hydroxylation is 1. The first-order chi connectivity index (χ1) is 11.1. The molecule has 0 spiro atoms. The van der Waals surface area contributed by atoms with Gasteiger partial charge in [0.05, 0.1) is 5.69 Å². The van der Waals surface area contributed by atoms with Crippen LogP contribution in [-0.2, 0) is 0 Å². The van der Waals surface area contributed by atoms with Gasteiger partial charge in [0.1, 0.15) is 4.88 Å². The highest BCUT2D eigenvalue weighted by Gasteiger charge is 2.37. The summed E-state index contributed by atoms with van der Waals surface area (Å²) in [6, 6.07) is 0. The number of nitrogens with zero attached hydrogens (tertiary/aromatic N) is 5. The number of aliphatic hydroxyl groups excluding tert-OH is 1. The van der Waals surface area contributed by atoms with E-state index in [0.717, 1.165) is 44.3 Å². The number of carbonyl (C=O) groups is 1. The molecular weight excluding hydrogens is 314 g/mol. The molecule has 2 fully saturated rings. The van der Waals surface area contributed by atoms with E-state index in [1.54, 1.807) is 0 Å². The van der Waals surface area contributed by atoms with Crippen molar-refractivity contribution in [2.75, 3.05) is 59.5 Å². The van der Waals surface area contributed by atoms with Gasteiger partial charge in [0.15, 0.2) is 0 Å². The fourth-order valence-electron chi connectivity index (χ4n) is 3.45. The molecule has 1 amide bonds. The van der Waals surface area contributed by atoms with Crippen LogP contribution < -0.4 is 0 Å². The highest BCUT2D eigenvalue weighted by atomic mass is 32.1. The molecule has 7 nitrogen and oxygen atoms in total. The second-order valence-electron chi connectivity index (χ2n) is 6.70. The van der Waals surface area contributed by atoms with Crippen molar-refractivity contribution < 1.29 is 9.90 Å². The molecule has 1 N–H and O–H groups in total. The van der Waals surface area contributed by atoms with Crippen LogP contribution in [0.25, 0.3) is 0 Å². The SMILES string of the molecule is Cc1nnsc1C(=O)N1CC(CO)C(CN2CCN(C)CC2)C1. The van der Waals surface area contributed by atoms with E-state index in [9.17, 15) is 9.90 Å². The summed E-state index contributed by atoms with van der Waals surface area (Å²) < 4.78 is 3.85. The summed E-state index contributed by atoms with van der Waals surface area (Å²) in [5.74, 6) is 0.519. The Kier molecular flexibility index (Phi) is 5.25. The molecule has 1 aromatic rings. The third kappa shape index (κ3) is 3.71. The second kappa shape index (κ2) is 7.21. The Balaban J connectivity index is 1.61. The van der Waals surface area contributed by atoms with Crippen molar-refractivity contribution in [1.29, 1.82) is 0 Å². The van der Waals surface area contributed by atoms with Gasteiger partial charge in [-0.2, -0.15) is 0 Å². The molecule has 0 saturated carbocycles. The summed E-state index contributed by atoms with van der Waals surface area (Å²) in [5, 5.41) is 13.6. The smallest absolute Gasteiger partial charge is 0.267 e. The van der Waals surface area contributed by atoms with E-state index in [-0.39, 0.29) is 18.4 Å². The lowest BCUT2D eigenvalue weighted by atomic mass is 9.96. The Morgan fingerprint density at radius 1 is 1.26 bits per heavy atom. The number of aliphatic hydroxyl groups is 1. The lowest BCUT2D eigenvalue weighted by Crippen LogP contribution is -2.47. The van der Waals surface area contributed by atoms with Crippen LogP contribution in [0.2, 0.25) is 0 Å². The van der Waals surface area contributed by atoms with Gasteiger partial charge in [-0.15, -0.1) is 5.10 Å². The average molecular weight is 339 g/mol. The van der Waals surface area contributed by atoms with Gasteiger partial charge in [0.25, 0.3) is 5.91 Å².